The number of rotatable bonds is 6. The van der Waals surface area contributed by atoms with Crippen molar-refractivity contribution >= 4 is 34.2 Å². The fraction of sp³-hybridized carbons (Fsp3) is 0.263. The molecule has 0 saturated heterocycles. The summed E-state index contributed by atoms with van der Waals surface area (Å²) < 4.78 is 4.70. The molecular weight excluding hydrogens is 386 g/mol. The van der Waals surface area contributed by atoms with Gasteiger partial charge in [0.2, 0.25) is 5.91 Å². The monoisotopic (exact) mass is 407 g/mol. The zero-order chi connectivity index (χ0) is 21.3. The lowest BCUT2D eigenvalue weighted by atomic mass is 10.3. The van der Waals surface area contributed by atoms with Gasteiger partial charge in [0.1, 0.15) is 17.8 Å². The standard InChI is InChI=1S/C19H21N9O2/c1-4-27-18(19(30)23-14-9-20-26(3)12(14)2)15(10-21-27)22-17(29)11-28-16-8-6-5-7-13(16)24-25-28/h5-10H,4,11H2,1-3H3,(H,22,29)(H,23,30). The molecule has 11 nitrogen and oxygen atoms in total. The van der Waals surface area contributed by atoms with Crippen LogP contribution in [0.5, 0.6) is 0 Å². The molecule has 0 saturated carbocycles. The van der Waals surface area contributed by atoms with Gasteiger partial charge in [-0.3, -0.25) is 19.0 Å². The highest BCUT2D eigenvalue weighted by atomic mass is 16.2. The zero-order valence-corrected chi connectivity index (χ0v) is 16.8. The number of para-hydroxylation sites is 1. The number of carbonyl (C=O) groups is 2. The second-order valence-corrected chi connectivity index (χ2v) is 6.73. The first-order valence-electron chi connectivity index (χ1n) is 9.41. The van der Waals surface area contributed by atoms with E-state index in [9.17, 15) is 9.59 Å². The van der Waals surface area contributed by atoms with Gasteiger partial charge < -0.3 is 10.6 Å². The third-order valence-electron chi connectivity index (χ3n) is 4.83. The van der Waals surface area contributed by atoms with Crippen LogP contribution in [0, 0.1) is 6.92 Å². The molecule has 0 spiro atoms. The van der Waals surface area contributed by atoms with Crippen molar-refractivity contribution in [2.75, 3.05) is 10.6 Å². The van der Waals surface area contributed by atoms with Gasteiger partial charge >= 0.3 is 0 Å². The molecule has 30 heavy (non-hydrogen) atoms. The number of aromatic nitrogens is 7. The zero-order valence-electron chi connectivity index (χ0n) is 16.8. The Kier molecular flexibility index (Phi) is 5.00. The van der Waals surface area contributed by atoms with Crippen LogP contribution < -0.4 is 10.6 Å². The fourth-order valence-corrected chi connectivity index (χ4v) is 3.12. The third-order valence-corrected chi connectivity index (χ3v) is 4.83. The minimum atomic E-state index is -0.382. The van der Waals surface area contributed by atoms with Gasteiger partial charge in [0, 0.05) is 13.6 Å². The number of nitrogens with one attached hydrogen (secondary N) is 2. The predicted octanol–water partition coefficient (Wildman–Crippen LogP) is 1.58. The van der Waals surface area contributed by atoms with Crippen molar-refractivity contribution < 1.29 is 9.59 Å². The SMILES string of the molecule is CCn1ncc(NC(=O)Cn2nnc3ccccc32)c1C(=O)Nc1cnn(C)c1C. The molecule has 3 heterocycles. The van der Waals surface area contributed by atoms with Gasteiger partial charge in [-0.15, -0.1) is 5.10 Å². The van der Waals surface area contributed by atoms with Crippen molar-refractivity contribution in [3.8, 4) is 0 Å². The molecule has 154 valence electrons. The van der Waals surface area contributed by atoms with Crippen LogP contribution in [0.25, 0.3) is 11.0 Å². The summed E-state index contributed by atoms with van der Waals surface area (Å²) >= 11 is 0. The maximum absolute atomic E-state index is 12.9. The molecule has 11 heteroatoms. The van der Waals surface area contributed by atoms with Crippen LogP contribution in [0.3, 0.4) is 0 Å². The summed E-state index contributed by atoms with van der Waals surface area (Å²) in [7, 11) is 1.79. The maximum atomic E-state index is 12.9. The summed E-state index contributed by atoms with van der Waals surface area (Å²) in [5, 5.41) is 22.0. The highest BCUT2D eigenvalue weighted by Crippen LogP contribution is 2.20. The lowest BCUT2D eigenvalue weighted by molar-refractivity contribution is -0.116. The number of hydrogen-bond acceptors (Lipinski definition) is 6. The highest BCUT2D eigenvalue weighted by molar-refractivity contribution is 6.09. The van der Waals surface area contributed by atoms with Gasteiger partial charge in [0.15, 0.2) is 0 Å². The van der Waals surface area contributed by atoms with Crippen LogP contribution in [-0.4, -0.2) is 46.4 Å². The summed E-state index contributed by atoms with van der Waals surface area (Å²) in [6, 6.07) is 7.38. The average Bonchev–Trinajstić information content (AvgIpc) is 3.42. The topological polar surface area (TPSA) is 125 Å². The number of hydrogen-bond donors (Lipinski definition) is 2. The Balaban J connectivity index is 1.54. The van der Waals surface area contributed by atoms with Crippen molar-refractivity contribution in [3.05, 3.63) is 48.0 Å². The Hall–Kier alpha value is -4.02. The quantitative estimate of drug-likeness (QED) is 0.500. The van der Waals surface area contributed by atoms with Crippen LogP contribution in [0.15, 0.2) is 36.7 Å². The Morgan fingerprint density at radius 3 is 2.53 bits per heavy atom. The normalized spacial score (nSPS) is 11.0. The molecule has 0 atom stereocenters. The number of carbonyl (C=O) groups excluding carboxylic acids is 2. The van der Waals surface area contributed by atoms with Crippen LogP contribution in [0.2, 0.25) is 0 Å². The molecule has 1 aromatic carbocycles. The summed E-state index contributed by atoms with van der Waals surface area (Å²) in [6.45, 7) is 4.15. The first kappa shape index (κ1) is 19.3. The fourth-order valence-electron chi connectivity index (χ4n) is 3.12. The van der Waals surface area contributed by atoms with E-state index in [1.165, 1.54) is 15.6 Å². The van der Waals surface area contributed by atoms with Crippen LogP contribution in [0.4, 0.5) is 11.4 Å². The van der Waals surface area contributed by atoms with Gasteiger partial charge in [0.25, 0.3) is 5.91 Å². The van der Waals surface area contributed by atoms with E-state index in [-0.39, 0.29) is 24.1 Å². The van der Waals surface area contributed by atoms with Crippen LogP contribution in [-0.2, 0) is 24.9 Å². The molecule has 2 amide bonds. The molecule has 0 aliphatic heterocycles. The van der Waals surface area contributed by atoms with E-state index in [1.54, 1.807) is 17.9 Å². The van der Waals surface area contributed by atoms with Crippen molar-refractivity contribution in [1.29, 1.82) is 0 Å². The third kappa shape index (κ3) is 3.52. The molecule has 3 aromatic heterocycles. The van der Waals surface area contributed by atoms with E-state index >= 15 is 0 Å². The second kappa shape index (κ2) is 7.78. The molecule has 4 rings (SSSR count). The van der Waals surface area contributed by atoms with Crippen molar-refractivity contribution in [2.24, 2.45) is 7.05 Å². The number of aryl methyl sites for hydroxylation is 2. The summed E-state index contributed by atoms with van der Waals surface area (Å²) in [5.74, 6) is -0.722. The number of nitrogens with zero attached hydrogens (tertiary/aromatic N) is 7. The highest BCUT2D eigenvalue weighted by Gasteiger charge is 2.21. The minimum Gasteiger partial charge on any atom is -0.321 e. The molecule has 4 aromatic rings. The Bertz CT molecular complexity index is 1230. The van der Waals surface area contributed by atoms with Gasteiger partial charge in [-0.25, -0.2) is 4.68 Å². The molecule has 0 aliphatic rings. The van der Waals surface area contributed by atoms with Crippen LogP contribution >= 0.6 is 0 Å². The van der Waals surface area contributed by atoms with Crippen molar-refractivity contribution in [1.82, 2.24) is 34.6 Å². The number of fused-ring (bicyclic) bond motifs is 1. The lowest BCUT2D eigenvalue weighted by Gasteiger charge is -2.10. The lowest BCUT2D eigenvalue weighted by Crippen LogP contribution is -2.23. The maximum Gasteiger partial charge on any atom is 0.276 e. The second-order valence-electron chi connectivity index (χ2n) is 6.73. The molecule has 0 fully saturated rings. The molecule has 0 bridgehead atoms. The van der Waals surface area contributed by atoms with E-state index in [2.05, 4.69) is 31.1 Å². The molecule has 0 unspecified atom stereocenters. The Morgan fingerprint density at radius 1 is 1.03 bits per heavy atom. The molecule has 0 radical (unpaired) electrons. The number of benzene rings is 1. The van der Waals surface area contributed by atoms with E-state index in [4.69, 9.17) is 0 Å². The average molecular weight is 407 g/mol. The van der Waals surface area contributed by atoms with Crippen LogP contribution in [0.1, 0.15) is 23.1 Å². The molecule has 2 N–H and O–H groups in total. The van der Waals surface area contributed by atoms with E-state index in [0.29, 0.717) is 23.4 Å². The summed E-state index contributed by atoms with van der Waals surface area (Å²) in [6.07, 6.45) is 3.04. The Morgan fingerprint density at radius 2 is 1.80 bits per heavy atom. The summed E-state index contributed by atoms with van der Waals surface area (Å²) in [4.78, 5) is 25.6. The summed E-state index contributed by atoms with van der Waals surface area (Å²) in [5.41, 5.74) is 3.45. The molecule has 0 aliphatic carbocycles. The van der Waals surface area contributed by atoms with E-state index in [1.807, 2.05) is 38.1 Å². The largest absolute Gasteiger partial charge is 0.321 e. The smallest absolute Gasteiger partial charge is 0.276 e. The predicted molar refractivity (Wildman–Crippen MR) is 110 cm³/mol. The van der Waals surface area contributed by atoms with Crippen molar-refractivity contribution in [3.63, 3.8) is 0 Å². The molecular formula is C19H21N9O2. The first-order chi connectivity index (χ1) is 14.5. The van der Waals surface area contributed by atoms with Gasteiger partial charge in [0.05, 0.1) is 35.0 Å². The Labute approximate surface area is 171 Å². The van der Waals surface area contributed by atoms with E-state index in [0.717, 1.165) is 11.2 Å². The number of amides is 2. The minimum absolute atomic E-state index is 0.0411. The first-order valence-corrected chi connectivity index (χ1v) is 9.41. The number of anilines is 2. The van der Waals surface area contributed by atoms with Gasteiger partial charge in [-0.05, 0) is 26.0 Å². The van der Waals surface area contributed by atoms with Gasteiger partial charge in [-0.1, -0.05) is 17.3 Å². The van der Waals surface area contributed by atoms with E-state index < -0.39 is 0 Å². The van der Waals surface area contributed by atoms with Gasteiger partial charge in [-0.2, -0.15) is 10.2 Å². The van der Waals surface area contributed by atoms with Crippen molar-refractivity contribution in [2.45, 2.75) is 26.9 Å².